The summed E-state index contributed by atoms with van der Waals surface area (Å²) in [7, 11) is 1.65. The maximum Gasteiger partial charge on any atom is 0.215 e. The van der Waals surface area contributed by atoms with E-state index < -0.39 is 6.23 Å². The van der Waals surface area contributed by atoms with E-state index in [4.69, 9.17) is 14.6 Å². The van der Waals surface area contributed by atoms with E-state index in [2.05, 4.69) is 11.1 Å². The summed E-state index contributed by atoms with van der Waals surface area (Å²) in [6.45, 7) is 0. The normalized spacial score (nSPS) is 20.0. The number of phenolic OH excluding ortho intramolecular Hbond substituents is 1. The molecule has 2 aromatic carbocycles. The maximum absolute atomic E-state index is 9.87. The summed E-state index contributed by atoms with van der Waals surface area (Å²) in [4.78, 5) is 4.24. The van der Waals surface area contributed by atoms with Crippen molar-refractivity contribution in [1.29, 1.82) is 0 Å². The predicted molar refractivity (Wildman–Crippen MR) is 104 cm³/mol. The molecular formula is C22H19N3O3. The lowest BCUT2D eigenvalue weighted by atomic mass is 9.95. The van der Waals surface area contributed by atoms with Gasteiger partial charge in [0, 0.05) is 35.5 Å². The lowest BCUT2D eigenvalue weighted by molar-refractivity contribution is -0.0211. The Morgan fingerprint density at radius 2 is 2.04 bits per heavy atom. The van der Waals surface area contributed by atoms with Gasteiger partial charge in [-0.1, -0.05) is 30.3 Å². The topological polar surface area (TPSA) is 67.2 Å². The smallest absolute Gasteiger partial charge is 0.215 e. The Hall–Kier alpha value is -3.54. The SMILES string of the molecule is COc1cccc2c1O[C@@H](c1cccnc1)N1N=C(c3cccc(O)c3)C[C@@H]21. The van der Waals surface area contributed by atoms with Gasteiger partial charge in [-0.15, -0.1) is 0 Å². The van der Waals surface area contributed by atoms with Gasteiger partial charge in [0.05, 0.1) is 18.9 Å². The number of hydrogen-bond donors (Lipinski definition) is 1. The van der Waals surface area contributed by atoms with Gasteiger partial charge >= 0.3 is 0 Å². The molecule has 1 aromatic heterocycles. The van der Waals surface area contributed by atoms with Gasteiger partial charge in [-0.3, -0.25) is 4.98 Å². The van der Waals surface area contributed by atoms with Crippen LogP contribution in [0, 0.1) is 0 Å². The van der Waals surface area contributed by atoms with Gasteiger partial charge in [0.1, 0.15) is 5.75 Å². The van der Waals surface area contributed by atoms with Crippen LogP contribution in [0.5, 0.6) is 17.2 Å². The zero-order chi connectivity index (χ0) is 19.1. The molecule has 0 saturated heterocycles. The molecule has 0 unspecified atom stereocenters. The van der Waals surface area contributed by atoms with E-state index in [1.54, 1.807) is 31.6 Å². The van der Waals surface area contributed by atoms with Crippen LogP contribution in [0.3, 0.4) is 0 Å². The summed E-state index contributed by atoms with van der Waals surface area (Å²) in [6, 6.07) is 17.0. The largest absolute Gasteiger partial charge is 0.508 e. The first-order chi connectivity index (χ1) is 13.7. The number of para-hydroxylation sites is 1. The monoisotopic (exact) mass is 373 g/mol. The summed E-state index contributed by atoms with van der Waals surface area (Å²) in [6.07, 6.45) is 3.84. The van der Waals surface area contributed by atoms with Crippen LogP contribution in [-0.4, -0.2) is 27.9 Å². The highest BCUT2D eigenvalue weighted by molar-refractivity contribution is 6.02. The minimum Gasteiger partial charge on any atom is -0.508 e. The summed E-state index contributed by atoms with van der Waals surface area (Å²) in [5.74, 6) is 1.68. The van der Waals surface area contributed by atoms with Crippen LogP contribution in [0.2, 0.25) is 0 Å². The van der Waals surface area contributed by atoms with Crippen molar-refractivity contribution in [2.75, 3.05) is 7.11 Å². The summed E-state index contributed by atoms with van der Waals surface area (Å²) >= 11 is 0. The van der Waals surface area contributed by atoms with Crippen LogP contribution < -0.4 is 9.47 Å². The summed E-state index contributed by atoms with van der Waals surface area (Å²) in [5.41, 5.74) is 3.78. The van der Waals surface area contributed by atoms with Crippen molar-refractivity contribution in [3.63, 3.8) is 0 Å². The predicted octanol–water partition coefficient (Wildman–Crippen LogP) is 4.04. The Kier molecular flexibility index (Phi) is 3.90. The third-order valence-corrected chi connectivity index (χ3v) is 5.15. The van der Waals surface area contributed by atoms with Gasteiger partial charge in [0.25, 0.3) is 0 Å². The Morgan fingerprint density at radius 1 is 1.14 bits per heavy atom. The van der Waals surface area contributed by atoms with E-state index in [0.717, 1.165) is 28.2 Å². The third kappa shape index (κ3) is 2.65. The molecule has 28 heavy (non-hydrogen) atoms. The Morgan fingerprint density at radius 3 is 2.82 bits per heavy atom. The number of aromatic hydroxyl groups is 1. The van der Waals surface area contributed by atoms with E-state index in [-0.39, 0.29) is 11.8 Å². The number of aromatic nitrogens is 1. The number of pyridine rings is 1. The van der Waals surface area contributed by atoms with Crippen molar-refractivity contribution < 1.29 is 14.6 Å². The van der Waals surface area contributed by atoms with Crippen molar-refractivity contribution in [3.8, 4) is 17.2 Å². The van der Waals surface area contributed by atoms with E-state index in [9.17, 15) is 5.11 Å². The van der Waals surface area contributed by atoms with Gasteiger partial charge in [-0.2, -0.15) is 5.10 Å². The first kappa shape index (κ1) is 16.6. The first-order valence-electron chi connectivity index (χ1n) is 9.13. The number of rotatable bonds is 3. The van der Waals surface area contributed by atoms with Gasteiger partial charge in [-0.25, -0.2) is 5.01 Å². The van der Waals surface area contributed by atoms with Crippen molar-refractivity contribution in [2.45, 2.75) is 18.7 Å². The van der Waals surface area contributed by atoms with Gasteiger partial charge in [0.15, 0.2) is 11.5 Å². The fourth-order valence-corrected chi connectivity index (χ4v) is 3.85. The molecule has 3 aromatic rings. The van der Waals surface area contributed by atoms with Crippen LogP contribution in [0.4, 0.5) is 0 Å². The molecule has 2 atom stereocenters. The fraction of sp³-hybridized carbons (Fsp3) is 0.182. The molecule has 6 nitrogen and oxygen atoms in total. The molecule has 0 spiro atoms. The second-order valence-corrected chi connectivity index (χ2v) is 6.83. The average Bonchev–Trinajstić information content (AvgIpc) is 3.19. The number of hydrogen-bond acceptors (Lipinski definition) is 6. The highest BCUT2D eigenvalue weighted by Gasteiger charge is 2.42. The fourth-order valence-electron chi connectivity index (χ4n) is 3.85. The highest BCUT2D eigenvalue weighted by atomic mass is 16.5. The Balaban J connectivity index is 1.63. The van der Waals surface area contributed by atoms with Crippen LogP contribution in [-0.2, 0) is 0 Å². The molecule has 0 amide bonds. The average molecular weight is 373 g/mol. The quantitative estimate of drug-likeness (QED) is 0.751. The van der Waals surface area contributed by atoms with E-state index >= 15 is 0 Å². The Labute approximate surface area is 162 Å². The van der Waals surface area contributed by atoms with Crippen molar-refractivity contribution in [1.82, 2.24) is 9.99 Å². The van der Waals surface area contributed by atoms with Gasteiger partial charge < -0.3 is 14.6 Å². The van der Waals surface area contributed by atoms with E-state index in [1.165, 1.54) is 0 Å². The molecule has 140 valence electrons. The molecule has 5 rings (SSSR count). The molecule has 0 radical (unpaired) electrons. The summed E-state index contributed by atoms with van der Waals surface area (Å²) < 4.78 is 11.9. The van der Waals surface area contributed by atoms with E-state index in [1.807, 2.05) is 41.4 Å². The molecule has 1 N–H and O–H groups in total. The zero-order valence-corrected chi connectivity index (χ0v) is 15.3. The minimum atomic E-state index is -0.405. The zero-order valence-electron chi connectivity index (χ0n) is 15.3. The maximum atomic E-state index is 9.87. The molecular weight excluding hydrogens is 354 g/mol. The lowest BCUT2D eigenvalue weighted by Gasteiger charge is -2.38. The number of benzene rings is 2. The van der Waals surface area contributed by atoms with Crippen molar-refractivity contribution >= 4 is 5.71 Å². The van der Waals surface area contributed by atoms with Crippen LogP contribution in [0.25, 0.3) is 0 Å². The number of ether oxygens (including phenoxy) is 2. The molecule has 0 saturated carbocycles. The highest BCUT2D eigenvalue weighted by Crippen LogP contribution is 2.50. The minimum absolute atomic E-state index is 0.0152. The number of hydrazone groups is 1. The number of methoxy groups -OCH3 is 1. The van der Waals surface area contributed by atoms with Crippen LogP contribution in [0.1, 0.15) is 35.4 Å². The second-order valence-electron chi connectivity index (χ2n) is 6.83. The van der Waals surface area contributed by atoms with Crippen LogP contribution in [0.15, 0.2) is 72.1 Å². The van der Waals surface area contributed by atoms with E-state index in [0.29, 0.717) is 12.2 Å². The molecule has 6 heteroatoms. The molecule has 2 aliphatic heterocycles. The molecule has 3 heterocycles. The van der Waals surface area contributed by atoms with Crippen molar-refractivity contribution in [2.24, 2.45) is 5.10 Å². The molecule has 2 aliphatic rings. The van der Waals surface area contributed by atoms with Gasteiger partial charge in [-0.05, 0) is 24.3 Å². The molecule has 0 bridgehead atoms. The number of fused-ring (bicyclic) bond motifs is 3. The second kappa shape index (κ2) is 6.56. The van der Waals surface area contributed by atoms with Gasteiger partial charge in [0.2, 0.25) is 6.23 Å². The number of phenols is 1. The number of nitrogens with zero attached hydrogens (tertiary/aromatic N) is 3. The first-order valence-corrected chi connectivity index (χ1v) is 9.13. The summed E-state index contributed by atoms with van der Waals surface area (Å²) in [5, 5.41) is 16.7. The lowest BCUT2D eigenvalue weighted by Crippen LogP contribution is -2.33. The Bertz CT molecular complexity index is 1050. The standard InChI is InChI=1S/C22H19N3O3/c1-27-20-9-3-8-17-19-12-18(14-5-2-7-16(26)11-14)24-25(19)22(28-21(17)20)15-6-4-10-23-13-15/h2-11,13,19,22,26H,12H2,1H3/t19-,22-/m0/s1. The van der Waals surface area contributed by atoms with Crippen molar-refractivity contribution in [3.05, 3.63) is 83.7 Å². The third-order valence-electron chi connectivity index (χ3n) is 5.15. The molecule has 0 fully saturated rings. The molecule has 0 aliphatic carbocycles. The van der Waals surface area contributed by atoms with Crippen LogP contribution >= 0.6 is 0 Å².